The fourth-order valence-corrected chi connectivity index (χ4v) is 2.62. The summed E-state index contributed by atoms with van der Waals surface area (Å²) >= 11 is 5.96. The SMILES string of the molecule is C[C@H]1CNCc2ncc(C(=O)Nc3cc(F)ccc3Cl)n21. The van der Waals surface area contributed by atoms with Crippen molar-refractivity contribution in [3.8, 4) is 0 Å². The lowest BCUT2D eigenvalue weighted by Crippen LogP contribution is -2.33. The first-order valence-corrected chi connectivity index (χ1v) is 6.97. The van der Waals surface area contributed by atoms with Gasteiger partial charge < -0.3 is 15.2 Å². The number of benzene rings is 1. The third kappa shape index (κ3) is 2.64. The molecule has 2 N–H and O–H groups in total. The Morgan fingerprint density at radius 2 is 2.38 bits per heavy atom. The second-order valence-corrected chi connectivity index (χ2v) is 5.40. The van der Waals surface area contributed by atoms with Gasteiger partial charge >= 0.3 is 0 Å². The predicted molar refractivity (Wildman–Crippen MR) is 78.0 cm³/mol. The Morgan fingerprint density at radius 1 is 1.57 bits per heavy atom. The average molecular weight is 309 g/mol. The van der Waals surface area contributed by atoms with Gasteiger partial charge in [0.25, 0.3) is 5.91 Å². The summed E-state index contributed by atoms with van der Waals surface area (Å²) in [6.45, 7) is 3.39. The van der Waals surface area contributed by atoms with Crippen LogP contribution in [0.2, 0.25) is 5.02 Å². The van der Waals surface area contributed by atoms with Crippen molar-refractivity contribution in [3.05, 3.63) is 46.8 Å². The molecule has 0 saturated carbocycles. The molecule has 7 heteroatoms. The molecule has 0 bridgehead atoms. The molecule has 1 aliphatic heterocycles. The highest BCUT2D eigenvalue weighted by atomic mass is 35.5. The fourth-order valence-electron chi connectivity index (χ4n) is 2.45. The van der Waals surface area contributed by atoms with E-state index in [1.165, 1.54) is 24.4 Å². The van der Waals surface area contributed by atoms with Crippen molar-refractivity contribution in [3.63, 3.8) is 0 Å². The van der Waals surface area contributed by atoms with Gasteiger partial charge in [0.1, 0.15) is 17.3 Å². The van der Waals surface area contributed by atoms with E-state index in [2.05, 4.69) is 15.6 Å². The fraction of sp³-hybridized carbons (Fsp3) is 0.286. The summed E-state index contributed by atoms with van der Waals surface area (Å²) in [6, 6.07) is 3.97. The van der Waals surface area contributed by atoms with Crippen LogP contribution in [-0.4, -0.2) is 22.0 Å². The molecule has 5 nitrogen and oxygen atoms in total. The molecular weight excluding hydrogens is 295 g/mol. The maximum absolute atomic E-state index is 13.2. The highest BCUT2D eigenvalue weighted by molar-refractivity contribution is 6.33. The van der Waals surface area contributed by atoms with Crippen LogP contribution >= 0.6 is 11.6 Å². The first kappa shape index (κ1) is 14.0. The molecule has 0 unspecified atom stereocenters. The van der Waals surface area contributed by atoms with Gasteiger partial charge in [0.15, 0.2) is 0 Å². The molecule has 0 saturated heterocycles. The van der Waals surface area contributed by atoms with Crippen molar-refractivity contribution in [2.24, 2.45) is 0 Å². The molecule has 110 valence electrons. The van der Waals surface area contributed by atoms with Crippen molar-refractivity contribution in [2.75, 3.05) is 11.9 Å². The van der Waals surface area contributed by atoms with E-state index in [0.29, 0.717) is 12.2 Å². The number of carbonyl (C=O) groups excluding carboxylic acids is 1. The minimum Gasteiger partial charge on any atom is -0.319 e. The highest BCUT2D eigenvalue weighted by Gasteiger charge is 2.23. The van der Waals surface area contributed by atoms with Crippen LogP contribution in [0.5, 0.6) is 0 Å². The second kappa shape index (κ2) is 5.46. The van der Waals surface area contributed by atoms with E-state index in [9.17, 15) is 9.18 Å². The number of hydrogen-bond acceptors (Lipinski definition) is 3. The van der Waals surface area contributed by atoms with Crippen LogP contribution in [0.4, 0.5) is 10.1 Å². The Balaban J connectivity index is 1.90. The lowest BCUT2D eigenvalue weighted by Gasteiger charge is -2.24. The second-order valence-electron chi connectivity index (χ2n) is 4.99. The quantitative estimate of drug-likeness (QED) is 0.896. The number of amides is 1. The molecule has 2 aromatic rings. The average Bonchev–Trinajstić information content (AvgIpc) is 2.88. The van der Waals surface area contributed by atoms with Crippen LogP contribution in [0.1, 0.15) is 29.3 Å². The molecule has 21 heavy (non-hydrogen) atoms. The summed E-state index contributed by atoms with van der Waals surface area (Å²) < 4.78 is 15.1. The summed E-state index contributed by atoms with van der Waals surface area (Å²) in [6.07, 6.45) is 1.53. The molecule has 0 fully saturated rings. The summed E-state index contributed by atoms with van der Waals surface area (Å²) in [5.74, 6) is 0.00169. The Kier molecular flexibility index (Phi) is 3.65. The summed E-state index contributed by atoms with van der Waals surface area (Å²) in [7, 11) is 0. The maximum Gasteiger partial charge on any atom is 0.273 e. The van der Waals surface area contributed by atoms with E-state index in [0.717, 1.165) is 12.4 Å². The molecular formula is C14H14ClFN4O. The van der Waals surface area contributed by atoms with Crippen LogP contribution in [0.25, 0.3) is 0 Å². The lowest BCUT2D eigenvalue weighted by molar-refractivity contribution is 0.101. The molecule has 1 aromatic heterocycles. The van der Waals surface area contributed by atoms with Crippen molar-refractivity contribution in [2.45, 2.75) is 19.5 Å². The van der Waals surface area contributed by atoms with Gasteiger partial charge in [0.05, 0.1) is 23.5 Å². The molecule has 0 aliphatic carbocycles. The summed E-state index contributed by atoms with van der Waals surface area (Å²) in [5, 5.41) is 6.15. The molecule has 0 radical (unpaired) electrons. The number of anilines is 1. The Hall–Kier alpha value is -1.92. The zero-order valence-electron chi connectivity index (χ0n) is 11.4. The number of nitrogens with zero attached hydrogens (tertiary/aromatic N) is 2. The van der Waals surface area contributed by atoms with Crippen molar-refractivity contribution in [1.82, 2.24) is 14.9 Å². The minimum atomic E-state index is -0.456. The van der Waals surface area contributed by atoms with Crippen LogP contribution in [0.3, 0.4) is 0 Å². The maximum atomic E-state index is 13.2. The van der Waals surface area contributed by atoms with Gasteiger partial charge in [0, 0.05) is 12.6 Å². The largest absolute Gasteiger partial charge is 0.319 e. The van der Waals surface area contributed by atoms with Gasteiger partial charge in [-0.25, -0.2) is 9.37 Å². The topological polar surface area (TPSA) is 59.0 Å². The first-order chi connectivity index (χ1) is 10.1. The standard InChI is InChI=1S/C14H14ClFN4O/c1-8-5-17-7-13-18-6-12(20(8)13)14(21)19-11-4-9(16)2-3-10(11)15/h2-4,6,8,17H,5,7H2,1H3,(H,19,21)/t8-/m0/s1. The molecule has 1 aliphatic rings. The number of imidazole rings is 1. The zero-order valence-corrected chi connectivity index (χ0v) is 12.1. The third-order valence-corrected chi connectivity index (χ3v) is 3.78. The van der Waals surface area contributed by atoms with Crippen LogP contribution in [-0.2, 0) is 6.54 Å². The van der Waals surface area contributed by atoms with Gasteiger partial charge in [-0.3, -0.25) is 4.79 Å². The Bertz CT molecular complexity index is 700. The number of fused-ring (bicyclic) bond motifs is 1. The van der Waals surface area contributed by atoms with Gasteiger partial charge in [0.2, 0.25) is 0 Å². The van der Waals surface area contributed by atoms with Crippen molar-refractivity contribution in [1.29, 1.82) is 0 Å². The molecule has 2 heterocycles. The highest BCUT2D eigenvalue weighted by Crippen LogP contribution is 2.24. The van der Waals surface area contributed by atoms with Gasteiger partial charge in [-0.1, -0.05) is 11.6 Å². The molecule has 1 amide bonds. The Morgan fingerprint density at radius 3 is 3.19 bits per heavy atom. The van der Waals surface area contributed by atoms with Crippen molar-refractivity contribution >= 4 is 23.2 Å². The van der Waals surface area contributed by atoms with Gasteiger partial charge in [-0.2, -0.15) is 0 Å². The Labute approximate surface area is 126 Å². The van der Waals surface area contributed by atoms with E-state index in [4.69, 9.17) is 11.6 Å². The predicted octanol–water partition coefficient (Wildman–Crippen LogP) is 2.59. The lowest BCUT2D eigenvalue weighted by atomic mass is 10.2. The normalized spacial score (nSPS) is 17.4. The number of hydrogen-bond donors (Lipinski definition) is 2. The van der Waals surface area contributed by atoms with Gasteiger partial charge in [-0.05, 0) is 25.1 Å². The molecule has 0 spiro atoms. The number of carbonyl (C=O) groups is 1. The van der Waals surface area contributed by atoms with E-state index >= 15 is 0 Å². The van der Waals surface area contributed by atoms with E-state index in [1.807, 2.05) is 11.5 Å². The number of halogens is 2. The van der Waals surface area contributed by atoms with Crippen molar-refractivity contribution < 1.29 is 9.18 Å². The number of rotatable bonds is 2. The first-order valence-electron chi connectivity index (χ1n) is 6.59. The number of nitrogens with one attached hydrogen (secondary N) is 2. The van der Waals surface area contributed by atoms with E-state index in [1.54, 1.807) is 0 Å². The van der Waals surface area contributed by atoms with Gasteiger partial charge in [-0.15, -0.1) is 0 Å². The van der Waals surface area contributed by atoms with Crippen LogP contribution in [0, 0.1) is 5.82 Å². The summed E-state index contributed by atoms with van der Waals surface area (Å²) in [5.41, 5.74) is 0.693. The molecule has 3 rings (SSSR count). The van der Waals surface area contributed by atoms with E-state index in [-0.39, 0.29) is 22.7 Å². The van der Waals surface area contributed by atoms with Crippen LogP contribution in [0.15, 0.2) is 24.4 Å². The van der Waals surface area contributed by atoms with Crippen LogP contribution < -0.4 is 10.6 Å². The monoisotopic (exact) mass is 308 g/mol. The smallest absolute Gasteiger partial charge is 0.273 e. The molecule has 1 aromatic carbocycles. The van der Waals surface area contributed by atoms with E-state index < -0.39 is 5.82 Å². The molecule has 1 atom stereocenters. The zero-order chi connectivity index (χ0) is 15.0. The summed E-state index contributed by atoms with van der Waals surface area (Å²) in [4.78, 5) is 16.6. The minimum absolute atomic E-state index is 0.125. The number of aromatic nitrogens is 2. The third-order valence-electron chi connectivity index (χ3n) is 3.45.